The molecular formula is C15H20N2O. The largest absolute Gasteiger partial charge is 0.382 e. The third kappa shape index (κ3) is 2.31. The van der Waals surface area contributed by atoms with E-state index in [-0.39, 0.29) is 0 Å². The monoisotopic (exact) mass is 244 g/mol. The molecule has 0 aliphatic carbocycles. The van der Waals surface area contributed by atoms with Crippen molar-refractivity contribution in [2.75, 3.05) is 0 Å². The molecule has 3 nitrogen and oxygen atoms in total. The van der Waals surface area contributed by atoms with Gasteiger partial charge in [0.25, 0.3) is 0 Å². The van der Waals surface area contributed by atoms with Crippen molar-refractivity contribution >= 4 is 0 Å². The van der Waals surface area contributed by atoms with Crippen LogP contribution in [0.4, 0.5) is 0 Å². The fourth-order valence-corrected chi connectivity index (χ4v) is 2.25. The van der Waals surface area contributed by atoms with Crippen LogP contribution in [0.1, 0.15) is 41.1 Å². The van der Waals surface area contributed by atoms with Gasteiger partial charge in [-0.25, -0.2) is 0 Å². The molecule has 1 heterocycles. The Morgan fingerprint density at radius 3 is 2.61 bits per heavy atom. The van der Waals surface area contributed by atoms with Crippen molar-refractivity contribution in [1.29, 1.82) is 0 Å². The topological polar surface area (TPSA) is 38.0 Å². The van der Waals surface area contributed by atoms with E-state index in [4.69, 9.17) is 0 Å². The Kier molecular flexibility index (Phi) is 3.53. The van der Waals surface area contributed by atoms with Crippen LogP contribution < -0.4 is 0 Å². The lowest BCUT2D eigenvalue weighted by Gasteiger charge is -2.15. The lowest BCUT2D eigenvalue weighted by Crippen LogP contribution is -2.10. The number of aryl methyl sites for hydroxylation is 4. The summed E-state index contributed by atoms with van der Waals surface area (Å²) >= 11 is 0. The Morgan fingerprint density at radius 2 is 1.94 bits per heavy atom. The smallest absolute Gasteiger partial charge is 0.121 e. The minimum Gasteiger partial charge on any atom is -0.382 e. The maximum absolute atomic E-state index is 10.6. The fourth-order valence-electron chi connectivity index (χ4n) is 2.25. The van der Waals surface area contributed by atoms with E-state index < -0.39 is 6.10 Å². The fraction of sp³-hybridized carbons (Fsp3) is 0.400. The van der Waals surface area contributed by atoms with Crippen LogP contribution in [-0.4, -0.2) is 14.9 Å². The first-order chi connectivity index (χ1) is 8.52. The van der Waals surface area contributed by atoms with Gasteiger partial charge in [0.2, 0.25) is 0 Å². The highest BCUT2D eigenvalue weighted by Crippen LogP contribution is 2.26. The molecule has 0 saturated heterocycles. The van der Waals surface area contributed by atoms with E-state index in [0.29, 0.717) is 0 Å². The Balaban J connectivity index is 2.46. The average Bonchev–Trinajstić information content (AvgIpc) is 2.72. The zero-order valence-corrected chi connectivity index (χ0v) is 11.4. The van der Waals surface area contributed by atoms with E-state index in [9.17, 15) is 5.11 Å². The molecule has 0 spiro atoms. The van der Waals surface area contributed by atoms with E-state index in [1.165, 1.54) is 0 Å². The van der Waals surface area contributed by atoms with Crippen LogP contribution in [0.2, 0.25) is 0 Å². The molecule has 1 atom stereocenters. The Morgan fingerprint density at radius 1 is 1.22 bits per heavy atom. The van der Waals surface area contributed by atoms with Gasteiger partial charge in [0, 0.05) is 6.54 Å². The van der Waals surface area contributed by atoms with Crippen molar-refractivity contribution in [3.8, 4) is 0 Å². The third-order valence-corrected chi connectivity index (χ3v) is 3.24. The van der Waals surface area contributed by atoms with E-state index in [2.05, 4.69) is 11.2 Å². The van der Waals surface area contributed by atoms with E-state index in [1.807, 2.05) is 50.6 Å². The maximum atomic E-state index is 10.6. The highest BCUT2D eigenvalue weighted by molar-refractivity contribution is 5.36. The minimum atomic E-state index is -0.606. The molecule has 0 aliphatic heterocycles. The summed E-state index contributed by atoms with van der Waals surface area (Å²) in [5.74, 6) is 0. The molecular weight excluding hydrogens is 224 g/mol. The van der Waals surface area contributed by atoms with Crippen molar-refractivity contribution in [3.05, 3.63) is 52.3 Å². The average molecular weight is 244 g/mol. The standard InChI is InChI=1S/C15H20N2O/c1-5-17-14(9-12(4)16-17)15(18)13-8-10(2)6-7-11(13)3/h6-9,15,18H,5H2,1-4H3. The van der Waals surface area contributed by atoms with Crippen molar-refractivity contribution in [2.24, 2.45) is 0 Å². The molecule has 2 rings (SSSR count). The molecule has 18 heavy (non-hydrogen) atoms. The summed E-state index contributed by atoms with van der Waals surface area (Å²) in [5, 5.41) is 14.9. The second kappa shape index (κ2) is 4.94. The first kappa shape index (κ1) is 12.8. The van der Waals surface area contributed by atoms with Gasteiger partial charge in [0.1, 0.15) is 6.10 Å². The zero-order valence-electron chi connectivity index (χ0n) is 11.4. The molecule has 3 heteroatoms. The zero-order chi connectivity index (χ0) is 13.3. The molecule has 1 N–H and O–H groups in total. The van der Waals surface area contributed by atoms with E-state index in [1.54, 1.807) is 0 Å². The van der Waals surface area contributed by atoms with Gasteiger partial charge >= 0.3 is 0 Å². The van der Waals surface area contributed by atoms with Gasteiger partial charge in [0.05, 0.1) is 11.4 Å². The van der Waals surface area contributed by atoms with Crippen LogP contribution in [0.3, 0.4) is 0 Å². The quantitative estimate of drug-likeness (QED) is 0.901. The summed E-state index contributed by atoms with van der Waals surface area (Å²) in [6, 6.07) is 8.11. The molecule has 96 valence electrons. The van der Waals surface area contributed by atoms with Gasteiger partial charge in [-0.3, -0.25) is 4.68 Å². The number of aromatic nitrogens is 2. The second-order valence-electron chi connectivity index (χ2n) is 4.79. The van der Waals surface area contributed by atoms with Crippen molar-refractivity contribution in [1.82, 2.24) is 9.78 Å². The first-order valence-electron chi connectivity index (χ1n) is 6.32. The van der Waals surface area contributed by atoms with Gasteiger partial charge in [-0.05, 0) is 44.9 Å². The first-order valence-corrected chi connectivity index (χ1v) is 6.32. The Bertz CT molecular complexity index is 558. The lowest BCUT2D eigenvalue weighted by molar-refractivity contribution is 0.207. The van der Waals surface area contributed by atoms with Gasteiger partial charge < -0.3 is 5.11 Å². The Labute approximate surface area is 108 Å². The van der Waals surface area contributed by atoms with Gasteiger partial charge in [0.15, 0.2) is 0 Å². The van der Waals surface area contributed by atoms with Crippen molar-refractivity contribution < 1.29 is 5.11 Å². The third-order valence-electron chi connectivity index (χ3n) is 3.24. The van der Waals surface area contributed by atoms with E-state index >= 15 is 0 Å². The Hall–Kier alpha value is -1.61. The number of hydrogen-bond donors (Lipinski definition) is 1. The van der Waals surface area contributed by atoms with Crippen LogP contribution in [0.5, 0.6) is 0 Å². The summed E-state index contributed by atoms with van der Waals surface area (Å²) in [6.07, 6.45) is -0.606. The summed E-state index contributed by atoms with van der Waals surface area (Å²) in [7, 11) is 0. The SMILES string of the molecule is CCn1nc(C)cc1C(O)c1cc(C)ccc1C. The van der Waals surface area contributed by atoms with Crippen LogP contribution in [0.25, 0.3) is 0 Å². The second-order valence-corrected chi connectivity index (χ2v) is 4.79. The number of aliphatic hydroxyl groups is 1. The summed E-state index contributed by atoms with van der Waals surface area (Å²) < 4.78 is 1.86. The molecule has 1 unspecified atom stereocenters. The number of benzene rings is 1. The van der Waals surface area contributed by atoms with Crippen LogP contribution >= 0.6 is 0 Å². The molecule has 2 aromatic rings. The molecule has 0 bridgehead atoms. The number of nitrogens with zero attached hydrogens (tertiary/aromatic N) is 2. The van der Waals surface area contributed by atoms with Crippen LogP contribution in [0, 0.1) is 20.8 Å². The summed E-state index contributed by atoms with van der Waals surface area (Å²) in [4.78, 5) is 0. The van der Waals surface area contributed by atoms with E-state index in [0.717, 1.165) is 34.6 Å². The summed E-state index contributed by atoms with van der Waals surface area (Å²) in [6.45, 7) is 8.82. The minimum absolute atomic E-state index is 0.606. The molecule has 1 aromatic heterocycles. The highest BCUT2D eigenvalue weighted by Gasteiger charge is 2.18. The van der Waals surface area contributed by atoms with Crippen LogP contribution in [0.15, 0.2) is 24.3 Å². The number of rotatable bonds is 3. The predicted octanol–water partition coefficient (Wildman–Crippen LogP) is 2.91. The molecule has 0 radical (unpaired) electrons. The summed E-state index contributed by atoms with van der Waals surface area (Å²) in [5.41, 5.74) is 5.04. The molecule has 0 amide bonds. The normalized spacial score (nSPS) is 12.7. The molecule has 1 aromatic carbocycles. The van der Waals surface area contributed by atoms with Crippen molar-refractivity contribution in [3.63, 3.8) is 0 Å². The number of hydrogen-bond acceptors (Lipinski definition) is 2. The van der Waals surface area contributed by atoms with Crippen molar-refractivity contribution in [2.45, 2.75) is 40.3 Å². The van der Waals surface area contributed by atoms with Crippen LogP contribution in [-0.2, 0) is 6.54 Å². The number of aliphatic hydroxyl groups excluding tert-OH is 1. The van der Waals surface area contributed by atoms with Gasteiger partial charge in [-0.15, -0.1) is 0 Å². The lowest BCUT2D eigenvalue weighted by atomic mass is 9.98. The van der Waals surface area contributed by atoms with Gasteiger partial charge in [-0.1, -0.05) is 23.8 Å². The highest BCUT2D eigenvalue weighted by atomic mass is 16.3. The predicted molar refractivity (Wildman–Crippen MR) is 72.6 cm³/mol. The molecule has 0 saturated carbocycles. The maximum Gasteiger partial charge on any atom is 0.121 e. The van der Waals surface area contributed by atoms with Gasteiger partial charge in [-0.2, -0.15) is 5.10 Å². The molecule has 0 fully saturated rings. The molecule has 0 aliphatic rings.